The zero-order valence-electron chi connectivity index (χ0n) is 17.7. The van der Waals surface area contributed by atoms with Gasteiger partial charge in [0.05, 0.1) is 13.0 Å². The summed E-state index contributed by atoms with van der Waals surface area (Å²) in [4.78, 5) is 15.5. The number of carbonyl (C=O) groups excluding carboxylic acids is 1. The summed E-state index contributed by atoms with van der Waals surface area (Å²) in [6.45, 7) is 4.51. The lowest BCUT2D eigenvalue weighted by Crippen LogP contribution is -2.48. The Morgan fingerprint density at radius 3 is 2.70 bits per heavy atom. The molecule has 1 saturated heterocycles. The van der Waals surface area contributed by atoms with Crippen molar-refractivity contribution in [3.63, 3.8) is 0 Å². The van der Waals surface area contributed by atoms with Gasteiger partial charge in [0.15, 0.2) is 0 Å². The molecule has 30 heavy (non-hydrogen) atoms. The third-order valence-electron chi connectivity index (χ3n) is 6.12. The van der Waals surface area contributed by atoms with E-state index < -0.39 is 10.0 Å². The topological polar surface area (TPSA) is 66.9 Å². The fourth-order valence-corrected chi connectivity index (χ4v) is 6.35. The number of hydrogen-bond acceptors (Lipinski definition) is 4. The van der Waals surface area contributed by atoms with Crippen LogP contribution >= 0.6 is 0 Å². The SMILES string of the molecule is COc1ccc(C)cc1S(=O)(=O)N1CCC[C@@H](C(=O)N2c3ccccc3C[C@H]2C)C1. The molecular formula is C23H28N2O4S. The number of methoxy groups -OCH3 is 1. The van der Waals surface area contributed by atoms with Gasteiger partial charge in [0, 0.05) is 24.8 Å². The molecule has 1 fully saturated rings. The Bertz CT molecular complexity index is 1070. The molecule has 0 saturated carbocycles. The monoisotopic (exact) mass is 428 g/mol. The van der Waals surface area contributed by atoms with Crippen LogP contribution in [0.5, 0.6) is 5.75 Å². The molecule has 0 unspecified atom stereocenters. The van der Waals surface area contributed by atoms with E-state index in [-0.39, 0.29) is 29.3 Å². The molecule has 6 nitrogen and oxygen atoms in total. The molecule has 2 atom stereocenters. The van der Waals surface area contributed by atoms with Gasteiger partial charge in [0.25, 0.3) is 0 Å². The van der Waals surface area contributed by atoms with Crippen molar-refractivity contribution in [2.75, 3.05) is 25.1 Å². The quantitative estimate of drug-likeness (QED) is 0.749. The van der Waals surface area contributed by atoms with Gasteiger partial charge in [-0.1, -0.05) is 24.3 Å². The van der Waals surface area contributed by atoms with Crippen molar-refractivity contribution >= 4 is 21.6 Å². The van der Waals surface area contributed by atoms with Crippen LogP contribution in [0.2, 0.25) is 0 Å². The predicted molar refractivity (Wildman–Crippen MR) is 116 cm³/mol. The second kappa shape index (κ2) is 8.04. The van der Waals surface area contributed by atoms with Gasteiger partial charge < -0.3 is 9.64 Å². The predicted octanol–water partition coefficient (Wildman–Crippen LogP) is 3.38. The van der Waals surface area contributed by atoms with Crippen molar-refractivity contribution in [1.29, 1.82) is 0 Å². The molecule has 160 valence electrons. The maximum absolute atomic E-state index is 13.4. The summed E-state index contributed by atoms with van der Waals surface area (Å²) in [5.74, 6) is -0.00219. The minimum Gasteiger partial charge on any atom is -0.495 e. The Morgan fingerprint density at radius 2 is 1.93 bits per heavy atom. The second-order valence-electron chi connectivity index (χ2n) is 8.25. The number of para-hydroxylation sites is 1. The van der Waals surface area contributed by atoms with Crippen LogP contribution in [-0.4, -0.2) is 44.9 Å². The van der Waals surface area contributed by atoms with Crippen LogP contribution in [0.25, 0.3) is 0 Å². The molecule has 0 aromatic heterocycles. The fourth-order valence-electron chi connectivity index (χ4n) is 4.58. The number of nitrogens with zero attached hydrogens (tertiary/aromatic N) is 2. The highest BCUT2D eigenvalue weighted by Crippen LogP contribution is 2.36. The summed E-state index contributed by atoms with van der Waals surface area (Å²) in [5, 5.41) is 0. The Kier molecular flexibility index (Phi) is 5.59. The molecule has 0 N–H and O–H groups in total. The van der Waals surface area contributed by atoms with Crippen LogP contribution in [0.1, 0.15) is 30.9 Å². The highest BCUT2D eigenvalue weighted by molar-refractivity contribution is 7.89. The molecule has 0 bridgehead atoms. The first-order chi connectivity index (χ1) is 14.3. The molecule has 2 aromatic rings. The Balaban J connectivity index is 1.60. The van der Waals surface area contributed by atoms with Gasteiger partial charge in [0.2, 0.25) is 15.9 Å². The van der Waals surface area contributed by atoms with Gasteiger partial charge >= 0.3 is 0 Å². The van der Waals surface area contributed by atoms with E-state index in [1.165, 1.54) is 17.0 Å². The summed E-state index contributed by atoms with van der Waals surface area (Å²) in [6, 6.07) is 13.2. The van der Waals surface area contributed by atoms with Gasteiger partial charge in [-0.25, -0.2) is 8.42 Å². The van der Waals surface area contributed by atoms with Crippen molar-refractivity contribution in [1.82, 2.24) is 4.31 Å². The smallest absolute Gasteiger partial charge is 0.246 e. The average molecular weight is 429 g/mol. The first-order valence-corrected chi connectivity index (χ1v) is 11.8. The fraction of sp³-hybridized carbons (Fsp3) is 0.435. The van der Waals surface area contributed by atoms with E-state index in [1.54, 1.807) is 12.1 Å². The van der Waals surface area contributed by atoms with Crippen LogP contribution in [0.15, 0.2) is 47.4 Å². The number of benzene rings is 2. The third-order valence-corrected chi connectivity index (χ3v) is 8.00. The van der Waals surface area contributed by atoms with Crippen LogP contribution in [0.3, 0.4) is 0 Å². The summed E-state index contributed by atoms with van der Waals surface area (Å²) >= 11 is 0. The maximum Gasteiger partial charge on any atom is 0.246 e. The molecule has 4 rings (SSSR count). The van der Waals surface area contributed by atoms with E-state index >= 15 is 0 Å². The standard InChI is InChI=1S/C23H28N2O4S/c1-16-10-11-21(29-3)22(13-16)30(27,28)24-12-6-8-19(15-24)23(26)25-17(2)14-18-7-4-5-9-20(18)25/h4-5,7,9-11,13,17,19H,6,8,12,14-15H2,1-3H3/t17-,19-/m1/s1. The van der Waals surface area contributed by atoms with Crippen LogP contribution in [-0.2, 0) is 21.2 Å². The summed E-state index contributed by atoms with van der Waals surface area (Å²) in [7, 11) is -2.28. The number of fused-ring (bicyclic) bond motifs is 1. The molecule has 2 heterocycles. The van der Waals surface area contributed by atoms with E-state index in [4.69, 9.17) is 4.74 Å². The number of rotatable bonds is 4. The summed E-state index contributed by atoms with van der Waals surface area (Å²) < 4.78 is 33.5. The molecule has 1 amide bonds. The molecule has 2 aromatic carbocycles. The largest absolute Gasteiger partial charge is 0.495 e. The Hall–Kier alpha value is -2.38. The minimum absolute atomic E-state index is 0.0172. The van der Waals surface area contributed by atoms with Crippen LogP contribution in [0, 0.1) is 12.8 Å². The van der Waals surface area contributed by atoms with Crippen LogP contribution < -0.4 is 9.64 Å². The number of carbonyl (C=O) groups is 1. The van der Waals surface area contributed by atoms with Crippen LogP contribution in [0.4, 0.5) is 5.69 Å². The molecule has 2 aliphatic rings. The molecule has 0 radical (unpaired) electrons. The average Bonchev–Trinajstić information content (AvgIpc) is 3.09. The Morgan fingerprint density at radius 1 is 1.17 bits per heavy atom. The van der Waals surface area contributed by atoms with Crippen molar-refractivity contribution < 1.29 is 17.9 Å². The zero-order valence-corrected chi connectivity index (χ0v) is 18.5. The number of anilines is 1. The van der Waals surface area contributed by atoms with Gasteiger partial charge in [-0.05, 0) is 62.4 Å². The first kappa shape index (κ1) is 20.9. The number of amides is 1. The normalized spacial score (nSPS) is 22.0. The van der Waals surface area contributed by atoms with Gasteiger partial charge in [-0.3, -0.25) is 4.79 Å². The van der Waals surface area contributed by atoms with E-state index in [9.17, 15) is 13.2 Å². The van der Waals surface area contributed by atoms with Crippen molar-refractivity contribution in [2.24, 2.45) is 5.92 Å². The van der Waals surface area contributed by atoms with Gasteiger partial charge in [0.1, 0.15) is 10.6 Å². The first-order valence-electron chi connectivity index (χ1n) is 10.4. The molecule has 0 spiro atoms. The Labute approximate surface area is 178 Å². The van der Waals surface area contributed by atoms with Crippen molar-refractivity contribution in [3.8, 4) is 5.75 Å². The third kappa shape index (κ3) is 3.61. The minimum atomic E-state index is -3.75. The van der Waals surface area contributed by atoms with Gasteiger partial charge in [-0.2, -0.15) is 4.31 Å². The molecule has 0 aliphatic carbocycles. The van der Waals surface area contributed by atoms with Crippen molar-refractivity contribution in [2.45, 2.75) is 44.0 Å². The number of hydrogen-bond donors (Lipinski definition) is 0. The maximum atomic E-state index is 13.4. The number of ether oxygens (including phenoxy) is 1. The summed E-state index contributed by atoms with van der Waals surface area (Å²) in [6.07, 6.45) is 2.19. The zero-order chi connectivity index (χ0) is 21.5. The second-order valence-corrected chi connectivity index (χ2v) is 10.2. The number of piperidine rings is 1. The lowest BCUT2D eigenvalue weighted by molar-refractivity contribution is -0.123. The number of aryl methyl sites for hydroxylation is 1. The molecule has 7 heteroatoms. The van der Waals surface area contributed by atoms with E-state index in [0.29, 0.717) is 25.1 Å². The van der Waals surface area contributed by atoms with E-state index in [0.717, 1.165) is 17.7 Å². The van der Waals surface area contributed by atoms with Gasteiger partial charge in [-0.15, -0.1) is 0 Å². The highest BCUT2D eigenvalue weighted by Gasteiger charge is 2.39. The van der Waals surface area contributed by atoms with E-state index in [2.05, 4.69) is 6.07 Å². The van der Waals surface area contributed by atoms with Crippen molar-refractivity contribution in [3.05, 3.63) is 53.6 Å². The lowest BCUT2D eigenvalue weighted by atomic mass is 9.97. The highest BCUT2D eigenvalue weighted by atomic mass is 32.2. The van der Waals surface area contributed by atoms with E-state index in [1.807, 2.05) is 43.0 Å². The summed E-state index contributed by atoms with van der Waals surface area (Å²) in [5.41, 5.74) is 2.97. The number of sulfonamides is 1. The molecule has 2 aliphatic heterocycles. The molecular weight excluding hydrogens is 400 g/mol. The lowest BCUT2D eigenvalue weighted by Gasteiger charge is -2.34.